The van der Waals surface area contributed by atoms with Gasteiger partial charge in [-0.2, -0.15) is 0 Å². The fraction of sp³-hybridized carbons (Fsp3) is 1.00. The first kappa shape index (κ1) is 6.99. The fourth-order valence-electron chi connectivity index (χ4n) is 1.29. The van der Waals surface area contributed by atoms with E-state index >= 15 is 0 Å². The summed E-state index contributed by atoms with van der Waals surface area (Å²) in [5.41, 5.74) is 4.91. The molecule has 0 amide bonds. The van der Waals surface area contributed by atoms with Gasteiger partial charge in [0, 0.05) is 0 Å². The molecule has 0 heterocycles. The van der Waals surface area contributed by atoms with Gasteiger partial charge in [-0.05, 0) is 12.8 Å². The normalized spacial score (nSPS) is 25.3. The van der Waals surface area contributed by atoms with Gasteiger partial charge in [-0.3, -0.25) is 0 Å². The molecule has 0 unspecified atom stereocenters. The van der Waals surface area contributed by atoms with Crippen molar-refractivity contribution in [1.29, 1.82) is 0 Å². The number of aliphatic hydroxyl groups excluding tert-OH is 1. The topological polar surface area (TPSA) is 66.5 Å². The third-order valence-corrected chi connectivity index (χ3v) is 2.05. The van der Waals surface area contributed by atoms with Gasteiger partial charge in [-0.1, -0.05) is 12.8 Å². The summed E-state index contributed by atoms with van der Waals surface area (Å²) < 4.78 is 0. The molecule has 1 saturated carbocycles. The summed E-state index contributed by atoms with van der Waals surface area (Å²) >= 11 is 0. The highest BCUT2D eigenvalue weighted by molar-refractivity contribution is 4.90. The van der Waals surface area contributed by atoms with Gasteiger partial charge < -0.3 is 15.9 Å². The Bertz CT molecular complexity index is 97.2. The van der Waals surface area contributed by atoms with Crippen LogP contribution in [0.3, 0.4) is 0 Å². The van der Waals surface area contributed by atoms with E-state index in [0.717, 1.165) is 25.7 Å². The summed E-state index contributed by atoms with van der Waals surface area (Å²) in [5, 5.41) is 17.5. The highest BCUT2D eigenvalue weighted by Gasteiger charge is 2.35. The first-order valence-corrected chi connectivity index (χ1v) is 3.30. The van der Waals surface area contributed by atoms with Crippen molar-refractivity contribution in [2.45, 2.75) is 37.5 Å². The Balaban J connectivity index is 2.51. The van der Waals surface area contributed by atoms with E-state index in [1.54, 1.807) is 0 Å². The van der Waals surface area contributed by atoms with E-state index in [1.807, 2.05) is 0 Å². The van der Waals surface area contributed by atoms with Gasteiger partial charge >= 0.3 is 0 Å². The highest BCUT2D eigenvalue weighted by atomic mass is 16.5. The van der Waals surface area contributed by atoms with Gasteiger partial charge in [-0.15, -0.1) is 0 Å². The van der Waals surface area contributed by atoms with Crippen molar-refractivity contribution in [3.8, 4) is 0 Å². The second-order valence-electron chi connectivity index (χ2n) is 2.81. The molecule has 0 saturated heterocycles. The standard InChI is InChI=1S/C6H13NO2/c7-6(5(8)9)3-1-2-4-6/h5,8-9H,1-4,7H2. The molecule has 1 fully saturated rings. The van der Waals surface area contributed by atoms with E-state index in [2.05, 4.69) is 0 Å². The molecule has 1 aliphatic carbocycles. The number of hydrogen-bond acceptors (Lipinski definition) is 3. The molecule has 3 heteroatoms. The molecule has 9 heavy (non-hydrogen) atoms. The zero-order valence-corrected chi connectivity index (χ0v) is 5.38. The molecule has 54 valence electrons. The predicted octanol–water partition coefficient (Wildman–Crippen LogP) is -0.431. The van der Waals surface area contributed by atoms with Gasteiger partial charge in [0.25, 0.3) is 0 Å². The summed E-state index contributed by atoms with van der Waals surface area (Å²) in [5.74, 6) is 0. The van der Waals surface area contributed by atoms with Crippen molar-refractivity contribution in [2.75, 3.05) is 0 Å². The van der Waals surface area contributed by atoms with Crippen LogP contribution in [0.2, 0.25) is 0 Å². The van der Waals surface area contributed by atoms with E-state index in [1.165, 1.54) is 0 Å². The third-order valence-electron chi connectivity index (χ3n) is 2.05. The molecule has 3 nitrogen and oxygen atoms in total. The maximum absolute atomic E-state index is 8.74. The number of nitrogens with two attached hydrogens (primary N) is 1. The lowest BCUT2D eigenvalue weighted by molar-refractivity contribution is -0.0940. The van der Waals surface area contributed by atoms with Crippen molar-refractivity contribution in [1.82, 2.24) is 0 Å². The van der Waals surface area contributed by atoms with Crippen molar-refractivity contribution in [3.63, 3.8) is 0 Å². The second kappa shape index (κ2) is 2.25. The van der Waals surface area contributed by atoms with Gasteiger partial charge in [-0.25, -0.2) is 0 Å². The molecule has 0 atom stereocenters. The smallest absolute Gasteiger partial charge is 0.169 e. The number of hydrogen-bond donors (Lipinski definition) is 3. The summed E-state index contributed by atoms with van der Waals surface area (Å²) in [7, 11) is 0. The Morgan fingerprint density at radius 1 is 1.22 bits per heavy atom. The average Bonchev–Trinajstić information content (AvgIpc) is 2.16. The van der Waals surface area contributed by atoms with E-state index in [-0.39, 0.29) is 0 Å². The zero-order valence-electron chi connectivity index (χ0n) is 5.38. The van der Waals surface area contributed by atoms with E-state index in [9.17, 15) is 0 Å². The van der Waals surface area contributed by atoms with Crippen LogP contribution in [0, 0.1) is 0 Å². The summed E-state index contributed by atoms with van der Waals surface area (Å²) in [6.45, 7) is 0. The van der Waals surface area contributed by atoms with Crippen LogP contribution in [0.15, 0.2) is 0 Å². The molecule has 0 bridgehead atoms. The molecular formula is C6H13NO2. The minimum atomic E-state index is -1.33. The van der Waals surface area contributed by atoms with Crippen LogP contribution >= 0.6 is 0 Å². The molecule has 4 N–H and O–H groups in total. The lowest BCUT2D eigenvalue weighted by Crippen LogP contribution is -2.48. The summed E-state index contributed by atoms with van der Waals surface area (Å²) in [4.78, 5) is 0. The van der Waals surface area contributed by atoms with Crippen LogP contribution in [0.1, 0.15) is 25.7 Å². The summed E-state index contributed by atoms with van der Waals surface area (Å²) in [6, 6.07) is 0. The van der Waals surface area contributed by atoms with Crippen molar-refractivity contribution >= 4 is 0 Å². The van der Waals surface area contributed by atoms with Crippen molar-refractivity contribution in [3.05, 3.63) is 0 Å². The second-order valence-corrected chi connectivity index (χ2v) is 2.81. The Hall–Kier alpha value is -0.120. The van der Waals surface area contributed by atoms with Crippen LogP contribution in [0.25, 0.3) is 0 Å². The van der Waals surface area contributed by atoms with Crippen molar-refractivity contribution < 1.29 is 10.2 Å². The Morgan fingerprint density at radius 2 is 1.67 bits per heavy atom. The lowest BCUT2D eigenvalue weighted by atomic mass is 9.99. The van der Waals surface area contributed by atoms with Crippen LogP contribution in [0.5, 0.6) is 0 Å². The van der Waals surface area contributed by atoms with Crippen molar-refractivity contribution in [2.24, 2.45) is 5.73 Å². The van der Waals surface area contributed by atoms with Crippen LogP contribution in [-0.2, 0) is 0 Å². The Labute approximate surface area is 54.5 Å². The molecule has 0 spiro atoms. The van der Waals surface area contributed by atoms with Gasteiger partial charge in [0.05, 0.1) is 5.54 Å². The van der Waals surface area contributed by atoms with E-state index in [0.29, 0.717) is 0 Å². The largest absolute Gasteiger partial charge is 0.367 e. The third kappa shape index (κ3) is 1.23. The molecule has 1 rings (SSSR count). The first-order valence-electron chi connectivity index (χ1n) is 3.30. The average molecular weight is 131 g/mol. The molecule has 0 aromatic heterocycles. The number of aliphatic hydroxyl groups is 2. The minimum Gasteiger partial charge on any atom is -0.367 e. The maximum Gasteiger partial charge on any atom is 0.169 e. The SMILES string of the molecule is NC1(C(O)O)CCCC1. The fourth-order valence-corrected chi connectivity index (χ4v) is 1.29. The molecule has 0 radical (unpaired) electrons. The molecule has 0 aromatic rings. The van der Waals surface area contributed by atoms with Gasteiger partial charge in [0.1, 0.15) is 0 Å². The van der Waals surface area contributed by atoms with E-state index < -0.39 is 11.8 Å². The molecule has 1 aliphatic rings. The Kier molecular flexibility index (Phi) is 1.75. The Morgan fingerprint density at radius 3 is 1.89 bits per heavy atom. The predicted molar refractivity (Wildman–Crippen MR) is 33.6 cm³/mol. The van der Waals surface area contributed by atoms with Crippen LogP contribution < -0.4 is 5.73 Å². The van der Waals surface area contributed by atoms with Crippen LogP contribution in [-0.4, -0.2) is 22.0 Å². The lowest BCUT2D eigenvalue weighted by Gasteiger charge is -2.24. The first-order chi connectivity index (χ1) is 4.15. The highest BCUT2D eigenvalue weighted by Crippen LogP contribution is 2.28. The van der Waals surface area contributed by atoms with Gasteiger partial charge in [0.2, 0.25) is 0 Å². The molecule has 0 aliphatic heterocycles. The van der Waals surface area contributed by atoms with Gasteiger partial charge in [0.15, 0.2) is 6.29 Å². The summed E-state index contributed by atoms with van der Waals surface area (Å²) in [6.07, 6.45) is 2.19. The van der Waals surface area contributed by atoms with E-state index in [4.69, 9.17) is 15.9 Å². The quantitative estimate of drug-likeness (QED) is 0.423. The number of rotatable bonds is 1. The minimum absolute atomic E-state index is 0.694. The maximum atomic E-state index is 8.74. The molecule has 0 aromatic carbocycles. The molecular weight excluding hydrogens is 118 g/mol. The zero-order chi connectivity index (χ0) is 6.91. The monoisotopic (exact) mass is 131 g/mol. The van der Waals surface area contributed by atoms with Crippen LogP contribution in [0.4, 0.5) is 0 Å².